The lowest BCUT2D eigenvalue weighted by molar-refractivity contribution is -0.149. The van der Waals surface area contributed by atoms with E-state index < -0.39 is 0 Å². The van der Waals surface area contributed by atoms with Crippen molar-refractivity contribution in [1.29, 1.82) is 0 Å². The number of carbonyl (C=O) groups excluding carboxylic acids is 1. The van der Waals surface area contributed by atoms with Crippen LogP contribution in [0.1, 0.15) is 44.1 Å². The molecule has 0 saturated heterocycles. The van der Waals surface area contributed by atoms with E-state index in [0.29, 0.717) is 12.2 Å². The third-order valence-corrected chi connectivity index (χ3v) is 3.57. The van der Waals surface area contributed by atoms with Crippen molar-refractivity contribution < 1.29 is 13.9 Å². The first kappa shape index (κ1) is 13.0. The molecule has 18 heavy (non-hydrogen) atoms. The normalized spacial score (nSPS) is 23.7. The lowest BCUT2D eigenvalue weighted by Gasteiger charge is -2.27. The average molecular weight is 251 g/mol. The number of aromatic nitrogens is 1. The molecule has 0 N–H and O–H groups in total. The molecule has 0 radical (unpaired) electrons. The molecule has 2 rings (SSSR count). The summed E-state index contributed by atoms with van der Waals surface area (Å²) >= 11 is 0. The van der Waals surface area contributed by atoms with E-state index in [2.05, 4.69) is 4.98 Å². The van der Waals surface area contributed by atoms with Crippen LogP contribution in [0.4, 0.5) is 4.39 Å². The van der Waals surface area contributed by atoms with Gasteiger partial charge in [0.15, 0.2) is 0 Å². The molecule has 0 aliphatic heterocycles. The Morgan fingerprint density at radius 1 is 1.44 bits per heavy atom. The van der Waals surface area contributed by atoms with Crippen LogP contribution in [0.15, 0.2) is 18.3 Å². The van der Waals surface area contributed by atoms with Crippen molar-refractivity contribution in [1.82, 2.24) is 4.98 Å². The molecule has 1 fully saturated rings. The Morgan fingerprint density at radius 3 is 2.78 bits per heavy atom. The first-order chi connectivity index (χ1) is 8.72. The number of hydrogen-bond acceptors (Lipinski definition) is 3. The molecule has 1 saturated carbocycles. The van der Waals surface area contributed by atoms with Crippen LogP contribution in [-0.2, 0) is 9.53 Å². The van der Waals surface area contributed by atoms with E-state index in [-0.39, 0.29) is 23.8 Å². The maximum atomic E-state index is 13.5. The number of pyridine rings is 1. The second-order valence-electron chi connectivity index (χ2n) is 4.68. The fourth-order valence-corrected chi connectivity index (χ4v) is 2.60. The van der Waals surface area contributed by atoms with Crippen molar-refractivity contribution in [2.75, 3.05) is 6.61 Å². The van der Waals surface area contributed by atoms with Crippen LogP contribution in [-0.4, -0.2) is 17.6 Å². The molecule has 0 atom stereocenters. The van der Waals surface area contributed by atoms with E-state index in [0.717, 1.165) is 25.7 Å². The fraction of sp³-hybridized carbons (Fsp3) is 0.571. The van der Waals surface area contributed by atoms with Crippen LogP contribution in [0, 0.1) is 11.9 Å². The second-order valence-corrected chi connectivity index (χ2v) is 4.68. The predicted octanol–water partition coefficient (Wildman–Crippen LogP) is 3.06. The van der Waals surface area contributed by atoms with E-state index >= 15 is 0 Å². The lowest BCUT2D eigenvalue weighted by Crippen LogP contribution is -2.23. The molecule has 1 aliphatic rings. The van der Waals surface area contributed by atoms with E-state index in [4.69, 9.17) is 4.74 Å². The summed E-state index contributed by atoms with van der Waals surface area (Å²) < 4.78 is 18.6. The second kappa shape index (κ2) is 5.94. The van der Waals surface area contributed by atoms with Crippen molar-refractivity contribution >= 4 is 5.97 Å². The van der Waals surface area contributed by atoms with Gasteiger partial charge in [0.05, 0.1) is 12.5 Å². The standard InChI is InChI=1S/C14H18FNO2/c1-2-18-14(17)11-7-5-10(6-8-11)12-4-3-9-16-13(12)15/h3-4,9-11H,2,5-8H2,1H3. The zero-order valence-corrected chi connectivity index (χ0v) is 10.6. The lowest BCUT2D eigenvalue weighted by atomic mass is 9.79. The predicted molar refractivity (Wildman–Crippen MR) is 65.5 cm³/mol. The highest BCUT2D eigenvalue weighted by Crippen LogP contribution is 2.36. The van der Waals surface area contributed by atoms with Gasteiger partial charge in [-0.15, -0.1) is 0 Å². The molecule has 0 amide bonds. The van der Waals surface area contributed by atoms with Gasteiger partial charge >= 0.3 is 5.97 Å². The first-order valence-corrected chi connectivity index (χ1v) is 6.49. The molecule has 4 heteroatoms. The van der Waals surface area contributed by atoms with Crippen LogP contribution >= 0.6 is 0 Å². The molecular formula is C14H18FNO2. The maximum Gasteiger partial charge on any atom is 0.308 e. The summed E-state index contributed by atoms with van der Waals surface area (Å²) in [5.74, 6) is -0.315. The van der Waals surface area contributed by atoms with E-state index in [1.807, 2.05) is 6.92 Å². The number of hydrogen-bond donors (Lipinski definition) is 0. The Balaban J connectivity index is 1.95. The van der Waals surface area contributed by atoms with Gasteiger partial charge in [-0.05, 0) is 44.6 Å². The van der Waals surface area contributed by atoms with Crippen LogP contribution in [0.5, 0.6) is 0 Å². The van der Waals surface area contributed by atoms with Crippen LogP contribution in [0.25, 0.3) is 0 Å². The van der Waals surface area contributed by atoms with E-state index in [1.165, 1.54) is 6.20 Å². The Kier molecular flexibility index (Phi) is 4.28. The van der Waals surface area contributed by atoms with E-state index in [1.54, 1.807) is 12.1 Å². The zero-order chi connectivity index (χ0) is 13.0. The van der Waals surface area contributed by atoms with Crippen molar-refractivity contribution in [2.24, 2.45) is 5.92 Å². The Hall–Kier alpha value is -1.45. The number of esters is 1. The number of rotatable bonds is 3. The van der Waals surface area contributed by atoms with Crippen LogP contribution in [0.2, 0.25) is 0 Å². The average Bonchev–Trinajstić information content (AvgIpc) is 2.40. The molecule has 0 unspecified atom stereocenters. The summed E-state index contributed by atoms with van der Waals surface area (Å²) in [7, 11) is 0. The van der Waals surface area contributed by atoms with Crippen LogP contribution in [0.3, 0.4) is 0 Å². The molecule has 98 valence electrons. The minimum Gasteiger partial charge on any atom is -0.466 e. The highest BCUT2D eigenvalue weighted by Gasteiger charge is 2.29. The summed E-state index contributed by atoms with van der Waals surface area (Å²) in [5, 5.41) is 0. The molecule has 1 aromatic heterocycles. The van der Waals surface area contributed by atoms with Gasteiger partial charge in [-0.2, -0.15) is 4.39 Å². The summed E-state index contributed by atoms with van der Waals surface area (Å²) in [5.41, 5.74) is 0.680. The number of carbonyl (C=O) groups is 1. The topological polar surface area (TPSA) is 39.2 Å². The minimum absolute atomic E-state index is 0.0130. The highest BCUT2D eigenvalue weighted by atomic mass is 19.1. The first-order valence-electron chi connectivity index (χ1n) is 6.49. The molecule has 0 aromatic carbocycles. The third kappa shape index (κ3) is 2.86. The molecule has 3 nitrogen and oxygen atoms in total. The summed E-state index contributed by atoms with van der Waals surface area (Å²) in [6, 6.07) is 3.55. The van der Waals surface area contributed by atoms with Gasteiger partial charge in [0.2, 0.25) is 5.95 Å². The fourth-order valence-electron chi connectivity index (χ4n) is 2.60. The van der Waals surface area contributed by atoms with Crippen molar-refractivity contribution in [3.8, 4) is 0 Å². The Morgan fingerprint density at radius 2 is 2.17 bits per heavy atom. The van der Waals surface area contributed by atoms with Crippen molar-refractivity contribution in [3.05, 3.63) is 29.8 Å². The Bertz CT molecular complexity index is 414. The van der Waals surface area contributed by atoms with Gasteiger partial charge in [-0.25, -0.2) is 4.98 Å². The molecule has 1 aliphatic carbocycles. The highest BCUT2D eigenvalue weighted by molar-refractivity contribution is 5.72. The van der Waals surface area contributed by atoms with Gasteiger partial charge in [0, 0.05) is 11.8 Å². The summed E-state index contributed by atoms with van der Waals surface area (Å²) in [6.07, 6.45) is 4.66. The summed E-state index contributed by atoms with van der Waals surface area (Å²) in [6.45, 7) is 2.24. The van der Waals surface area contributed by atoms with Crippen LogP contribution < -0.4 is 0 Å². The largest absolute Gasteiger partial charge is 0.466 e. The SMILES string of the molecule is CCOC(=O)C1CCC(c2cccnc2F)CC1. The minimum atomic E-state index is -0.378. The molecule has 1 heterocycles. The molecular weight excluding hydrogens is 233 g/mol. The molecule has 1 aromatic rings. The quantitative estimate of drug-likeness (QED) is 0.612. The monoisotopic (exact) mass is 251 g/mol. The third-order valence-electron chi connectivity index (χ3n) is 3.57. The maximum absolute atomic E-state index is 13.5. The van der Waals surface area contributed by atoms with Gasteiger partial charge in [-0.3, -0.25) is 4.79 Å². The smallest absolute Gasteiger partial charge is 0.308 e. The van der Waals surface area contributed by atoms with Gasteiger partial charge in [0.1, 0.15) is 0 Å². The molecule has 0 bridgehead atoms. The number of nitrogens with zero attached hydrogens (tertiary/aromatic N) is 1. The zero-order valence-electron chi connectivity index (χ0n) is 10.6. The van der Waals surface area contributed by atoms with Crippen molar-refractivity contribution in [2.45, 2.75) is 38.5 Å². The molecule has 0 spiro atoms. The summed E-state index contributed by atoms with van der Waals surface area (Å²) in [4.78, 5) is 15.3. The van der Waals surface area contributed by atoms with Crippen molar-refractivity contribution in [3.63, 3.8) is 0 Å². The van der Waals surface area contributed by atoms with Gasteiger partial charge in [0.25, 0.3) is 0 Å². The number of ether oxygens (including phenoxy) is 1. The van der Waals surface area contributed by atoms with Gasteiger partial charge in [-0.1, -0.05) is 6.07 Å². The van der Waals surface area contributed by atoms with E-state index in [9.17, 15) is 9.18 Å². The van der Waals surface area contributed by atoms with Gasteiger partial charge < -0.3 is 4.74 Å². The number of halogens is 1. The Labute approximate surface area is 106 Å².